The van der Waals surface area contributed by atoms with Gasteiger partial charge in [-0.25, -0.2) is 0 Å². The summed E-state index contributed by atoms with van der Waals surface area (Å²) in [4.78, 5) is 27.4. The van der Waals surface area contributed by atoms with Gasteiger partial charge in [-0.05, 0) is 48.1 Å². The van der Waals surface area contributed by atoms with Crippen molar-refractivity contribution in [2.45, 2.75) is 32.0 Å². The number of carbonyl (C=O) groups is 2. The molecule has 0 bridgehead atoms. The minimum atomic E-state index is -4.49. The zero-order valence-corrected chi connectivity index (χ0v) is 17.6. The molecule has 0 aliphatic carbocycles. The molecule has 1 aromatic heterocycles. The van der Waals surface area contributed by atoms with Gasteiger partial charge in [0.25, 0.3) is 5.91 Å². The second kappa shape index (κ2) is 8.34. The maximum Gasteiger partial charge on any atom is 0.416 e. The van der Waals surface area contributed by atoms with Crippen LogP contribution in [0.1, 0.15) is 45.2 Å². The lowest BCUT2D eigenvalue weighted by atomic mass is 10.0. The molecule has 0 spiro atoms. The number of alkyl halides is 3. The van der Waals surface area contributed by atoms with Crippen molar-refractivity contribution in [1.82, 2.24) is 10.2 Å². The van der Waals surface area contributed by atoms with Crippen LogP contribution in [0.2, 0.25) is 0 Å². The maximum absolute atomic E-state index is 13.2. The van der Waals surface area contributed by atoms with Crippen LogP contribution < -0.4 is 5.32 Å². The van der Waals surface area contributed by atoms with Gasteiger partial charge in [0.2, 0.25) is 5.91 Å². The molecule has 0 radical (unpaired) electrons. The van der Waals surface area contributed by atoms with Crippen LogP contribution in [0.3, 0.4) is 0 Å². The largest absolute Gasteiger partial charge is 0.416 e. The first-order chi connectivity index (χ1) is 14.7. The summed E-state index contributed by atoms with van der Waals surface area (Å²) in [5.41, 5.74) is 0.370. The second-order valence-corrected chi connectivity index (χ2v) is 8.70. The Kier molecular flexibility index (Phi) is 5.75. The van der Waals surface area contributed by atoms with Crippen molar-refractivity contribution < 1.29 is 22.8 Å². The molecule has 1 atom stereocenters. The molecule has 4 rings (SSSR count). The Hall–Kier alpha value is -2.87. The molecule has 1 unspecified atom stereocenters. The van der Waals surface area contributed by atoms with E-state index < -0.39 is 17.8 Å². The Balaban J connectivity index is 1.66. The van der Waals surface area contributed by atoms with Crippen LogP contribution in [0.15, 0.2) is 48.5 Å². The number of thiophene rings is 1. The zero-order chi connectivity index (χ0) is 22.2. The van der Waals surface area contributed by atoms with Crippen LogP contribution in [0.25, 0.3) is 10.1 Å². The van der Waals surface area contributed by atoms with E-state index >= 15 is 0 Å². The fraction of sp³-hybridized carbons (Fsp3) is 0.304. The van der Waals surface area contributed by atoms with Crippen LogP contribution in [-0.4, -0.2) is 29.8 Å². The van der Waals surface area contributed by atoms with E-state index in [1.54, 1.807) is 11.0 Å². The Morgan fingerprint density at radius 2 is 1.97 bits per heavy atom. The predicted molar refractivity (Wildman–Crippen MR) is 114 cm³/mol. The highest BCUT2D eigenvalue weighted by Crippen LogP contribution is 2.33. The Bertz CT molecular complexity index is 1140. The van der Waals surface area contributed by atoms with Gasteiger partial charge < -0.3 is 10.2 Å². The van der Waals surface area contributed by atoms with Gasteiger partial charge in [-0.3, -0.25) is 9.59 Å². The summed E-state index contributed by atoms with van der Waals surface area (Å²) in [5.74, 6) is -0.406. The molecule has 2 heterocycles. The molecule has 1 aliphatic heterocycles. The quantitative estimate of drug-likeness (QED) is 0.577. The third-order valence-corrected chi connectivity index (χ3v) is 6.82. The van der Waals surface area contributed by atoms with E-state index in [-0.39, 0.29) is 18.4 Å². The molecule has 4 nitrogen and oxygen atoms in total. The summed E-state index contributed by atoms with van der Waals surface area (Å²) in [6, 6.07) is 11.8. The lowest BCUT2D eigenvalue weighted by molar-refractivity contribution is -0.137. The van der Waals surface area contributed by atoms with E-state index in [2.05, 4.69) is 5.32 Å². The van der Waals surface area contributed by atoms with Crippen molar-refractivity contribution in [1.29, 1.82) is 0 Å². The van der Waals surface area contributed by atoms with E-state index in [1.165, 1.54) is 17.4 Å². The number of hydrogen-bond donors (Lipinski definition) is 1. The number of amides is 2. The van der Waals surface area contributed by atoms with Crippen LogP contribution >= 0.6 is 11.3 Å². The van der Waals surface area contributed by atoms with Gasteiger partial charge in [-0.15, -0.1) is 11.3 Å². The van der Waals surface area contributed by atoms with Crippen molar-refractivity contribution in [2.75, 3.05) is 13.1 Å². The molecular weight excluding hydrogens is 425 g/mol. The number of fused-ring (bicyclic) bond motifs is 1. The van der Waals surface area contributed by atoms with Crippen LogP contribution in [0.4, 0.5) is 13.2 Å². The van der Waals surface area contributed by atoms with Gasteiger partial charge in [-0.1, -0.05) is 30.3 Å². The van der Waals surface area contributed by atoms with Crippen molar-refractivity contribution in [3.63, 3.8) is 0 Å². The molecule has 8 heteroatoms. The molecular formula is C23H21F3N2O2S. The van der Waals surface area contributed by atoms with Gasteiger partial charge in [0.1, 0.15) is 0 Å². The van der Waals surface area contributed by atoms with E-state index in [0.717, 1.165) is 27.8 Å². The second-order valence-electron chi connectivity index (χ2n) is 7.64. The van der Waals surface area contributed by atoms with Gasteiger partial charge in [0.05, 0.1) is 16.5 Å². The topological polar surface area (TPSA) is 49.4 Å². The number of benzene rings is 2. The number of carbonyl (C=O) groups excluding carboxylic acids is 2. The monoisotopic (exact) mass is 446 g/mol. The first kappa shape index (κ1) is 21.4. The van der Waals surface area contributed by atoms with Crippen LogP contribution in [-0.2, 0) is 11.0 Å². The standard InChI is InChI=1S/C23H21F3N2O2S/c1-14-17-8-2-3-9-19(17)31-21(14)22(30)27-18(13-28-11-5-10-20(28)29)15-6-4-7-16(12-15)23(24,25)26/h2-4,6-9,12,18H,5,10-11,13H2,1H3,(H,27,30). The maximum atomic E-state index is 13.2. The summed E-state index contributed by atoms with van der Waals surface area (Å²) in [7, 11) is 0. The molecule has 3 aromatic rings. The van der Waals surface area contributed by atoms with Gasteiger partial charge in [0, 0.05) is 24.2 Å². The van der Waals surface area contributed by atoms with E-state index in [9.17, 15) is 22.8 Å². The molecule has 2 aromatic carbocycles. The number of halogens is 3. The van der Waals surface area contributed by atoms with Crippen molar-refractivity contribution in [3.8, 4) is 0 Å². The molecule has 1 N–H and O–H groups in total. The zero-order valence-electron chi connectivity index (χ0n) is 16.8. The lowest BCUT2D eigenvalue weighted by Crippen LogP contribution is -2.38. The van der Waals surface area contributed by atoms with E-state index in [0.29, 0.717) is 29.8 Å². The fourth-order valence-corrected chi connectivity index (χ4v) is 5.01. The summed E-state index contributed by atoms with van der Waals surface area (Å²) >= 11 is 1.35. The minimum Gasteiger partial charge on any atom is -0.343 e. The summed E-state index contributed by atoms with van der Waals surface area (Å²) in [6.45, 7) is 2.53. The Labute approximate surface area is 181 Å². The molecule has 1 aliphatic rings. The SMILES string of the molecule is Cc1c(C(=O)NC(CN2CCCC2=O)c2cccc(C(F)(F)F)c2)sc2ccccc12. The molecule has 1 fully saturated rings. The molecule has 2 amide bonds. The highest BCUT2D eigenvalue weighted by molar-refractivity contribution is 7.21. The number of rotatable bonds is 5. The van der Waals surface area contributed by atoms with Crippen LogP contribution in [0, 0.1) is 6.92 Å². The molecule has 1 saturated heterocycles. The average Bonchev–Trinajstić information content (AvgIpc) is 3.30. The molecule has 162 valence electrons. The number of nitrogens with one attached hydrogen (secondary N) is 1. The van der Waals surface area contributed by atoms with E-state index in [1.807, 2.05) is 31.2 Å². The summed E-state index contributed by atoms with van der Waals surface area (Å²) < 4.78 is 40.7. The first-order valence-corrected chi connectivity index (χ1v) is 10.8. The Morgan fingerprint density at radius 3 is 2.65 bits per heavy atom. The third-order valence-electron chi connectivity index (χ3n) is 5.55. The van der Waals surface area contributed by atoms with Gasteiger partial charge in [0.15, 0.2) is 0 Å². The van der Waals surface area contributed by atoms with Gasteiger partial charge >= 0.3 is 6.18 Å². The normalized spacial score (nSPS) is 15.5. The lowest BCUT2D eigenvalue weighted by Gasteiger charge is -2.25. The number of aryl methyl sites for hydroxylation is 1. The van der Waals surface area contributed by atoms with Gasteiger partial charge in [-0.2, -0.15) is 13.2 Å². The fourth-order valence-electron chi connectivity index (χ4n) is 3.90. The predicted octanol–water partition coefficient (Wildman–Crippen LogP) is 5.32. The number of hydrogen-bond acceptors (Lipinski definition) is 3. The van der Waals surface area contributed by atoms with Crippen LogP contribution in [0.5, 0.6) is 0 Å². The first-order valence-electron chi connectivity index (χ1n) is 9.98. The average molecular weight is 446 g/mol. The smallest absolute Gasteiger partial charge is 0.343 e. The molecule has 31 heavy (non-hydrogen) atoms. The Morgan fingerprint density at radius 1 is 1.19 bits per heavy atom. The minimum absolute atomic E-state index is 0.0516. The van der Waals surface area contributed by atoms with Crippen molar-refractivity contribution in [2.24, 2.45) is 0 Å². The summed E-state index contributed by atoms with van der Waals surface area (Å²) in [5, 5.41) is 3.86. The molecule has 0 saturated carbocycles. The highest BCUT2D eigenvalue weighted by atomic mass is 32.1. The highest BCUT2D eigenvalue weighted by Gasteiger charge is 2.32. The van der Waals surface area contributed by atoms with Crippen molar-refractivity contribution in [3.05, 3.63) is 70.1 Å². The number of nitrogens with zero attached hydrogens (tertiary/aromatic N) is 1. The van der Waals surface area contributed by atoms with Crippen molar-refractivity contribution >= 4 is 33.2 Å². The summed E-state index contributed by atoms with van der Waals surface area (Å²) in [6.07, 6.45) is -3.37. The van der Waals surface area contributed by atoms with E-state index in [4.69, 9.17) is 0 Å². The number of likely N-dealkylation sites (tertiary alicyclic amines) is 1. The third kappa shape index (κ3) is 4.44.